The van der Waals surface area contributed by atoms with E-state index in [-0.39, 0.29) is 36.5 Å². The molecule has 2 aliphatic rings. The molecule has 25 heavy (non-hydrogen) atoms. The summed E-state index contributed by atoms with van der Waals surface area (Å²) in [6.07, 6.45) is 6.21. The van der Waals surface area contributed by atoms with Crippen LogP contribution in [0.5, 0.6) is 0 Å². The minimum atomic E-state index is -0.468. The minimum absolute atomic E-state index is 0. The molecule has 2 aliphatic heterocycles. The molecule has 2 fully saturated rings. The quantitative estimate of drug-likeness (QED) is 0.289. The van der Waals surface area contributed by atoms with Crippen molar-refractivity contribution in [3.8, 4) is 0 Å². The van der Waals surface area contributed by atoms with Crippen LogP contribution in [-0.4, -0.2) is 60.7 Å². The van der Waals surface area contributed by atoms with E-state index < -0.39 is 5.60 Å². The lowest BCUT2D eigenvalue weighted by Crippen LogP contribution is -2.56. The SMILES string of the molecule is CCNC(=NCC(=O)OC(C)(C)C)NC1CC2CCCC(C1)N2C.I. The van der Waals surface area contributed by atoms with E-state index in [9.17, 15) is 4.79 Å². The van der Waals surface area contributed by atoms with Crippen molar-refractivity contribution in [1.82, 2.24) is 15.5 Å². The predicted molar refractivity (Wildman–Crippen MR) is 113 cm³/mol. The summed E-state index contributed by atoms with van der Waals surface area (Å²) in [5.74, 6) is 0.427. The lowest BCUT2D eigenvalue weighted by atomic mass is 9.82. The van der Waals surface area contributed by atoms with Gasteiger partial charge in [-0.1, -0.05) is 6.42 Å². The topological polar surface area (TPSA) is 66.0 Å². The maximum atomic E-state index is 11.9. The van der Waals surface area contributed by atoms with Crippen LogP contribution >= 0.6 is 24.0 Å². The van der Waals surface area contributed by atoms with Crippen molar-refractivity contribution < 1.29 is 9.53 Å². The third-order valence-corrected chi connectivity index (χ3v) is 4.81. The van der Waals surface area contributed by atoms with Crippen molar-refractivity contribution in [3.63, 3.8) is 0 Å². The van der Waals surface area contributed by atoms with Gasteiger partial charge in [0.05, 0.1) is 0 Å². The molecule has 0 aromatic heterocycles. The second-order valence-corrected chi connectivity index (χ2v) is 8.00. The van der Waals surface area contributed by atoms with Crippen LogP contribution in [0.4, 0.5) is 0 Å². The van der Waals surface area contributed by atoms with Gasteiger partial charge in [-0.2, -0.15) is 0 Å². The first kappa shape index (κ1) is 22.5. The number of nitrogens with zero attached hydrogens (tertiary/aromatic N) is 2. The van der Waals surface area contributed by atoms with Gasteiger partial charge in [-0.3, -0.25) is 4.79 Å². The second-order valence-electron chi connectivity index (χ2n) is 8.00. The molecular formula is C18H35IN4O2. The zero-order valence-corrected chi connectivity index (χ0v) is 18.6. The number of hydrogen-bond donors (Lipinski definition) is 2. The van der Waals surface area contributed by atoms with E-state index in [1.54, 1.807) is 0 Å². The van der Waals surface area contributed by atoms with Crippen LogP contribution in [0, 0.1) is 0 Å². The number of piperidine rings is 2. The van der Waals surface area contributed by atoms with Crippen molar-refractivity contribution in [1.29, 1.82) is 0 Å². The number of carbonyl (C=O) groups is 1. The van der Waals surface area contributed by atoms with Crippen LogP contribution in [0.15, 0.2) is 4.99 Å². The fourth-order valence-electron chi connectivity index (χ4n) is 3.76. The van der Waals surface area contributed by atoms with Gasteiger partial charge in [0.15, 0.2) is 5.96 Å². The molecule has 2 N–H and O–H groups in total. The molecule has 0 amide bonds. The molecule has 2 saturated heterocycles. The lowest BCUT2D eigenvalue weighted by molar-refractivity contribution is -0.152. The van der Waals surface area contributed by atoms with Crippen molar-refractivity contribution in [2.45, 2.75) is 83.5 Å². The molecule has 2 rings (SSSR count). The van der Waals surface area contributed by atoms with Gasteiger partial charge in [0.1, 0.15) is 12.1 Å². The maximum absolute atomic E-state index is 11.9. The molecule has 0 aliphatic carbocycles. The number of halogens is 1. The molecule has 2 bridgehead atoms. The van der Waals surface area contributed by atoms with Crippen LogP contribution in [0.25, 0.3) is 0 Å². The number of guanidine groups is 1. The number of hydrogen-bond acceptors (Lipinski definition) is 4. The summed E-state index contributed by atoms with van der Waals surface area (Å²) in [4.78, 5) is 18.8. The number of nitrogens with one attached hydrogen (secondary N) is 2. The summed E-state index contributed by atoms with van der Waals surface area (Å²) >= 11 is 0. The van der Waals surface area contributed by atoms with Gasteiger partial charge in [-0.25, -0.2) is 4.99 Å². The zero-order chi connectivity index (χ0) is 17.7. The first-order chi connectivity index (χ1) is 11.3. The second kappa shape index (κ2) is 9.94. The summed E-state index contributed by atoms with van der Waals surface area (Å²) in [5, 5.41) is 6.77. The van der Waals surface area contributed by atoms with Crippen LogP contribution in [0.3, 0.4) is 0 Å². The third kappa shape index (κ3) is 7.29. The van der Waals surface area contributed by atoms with E-state index in [0.29, 0.717) is 18.1 Å². The van der Waals surface area contributed by atoms with Crippen molar-refractivity contribution in [2.75, 3.05) is 20.1 Å². The molecule has 2 heterocycles. The van der Waals surface area contributed by atoms with Crippen LogP contribution in [-0.2, 0) is 9.53 Å². The number of rotatable bonds is 4. The summed E-state index contributed by atoms with van der Waals surface area (Å²) in [6, 6.07) is 1.76. The van der Waals surface area contributed by atoms with Gasteiger partial charge < -0.3 is 20.3 Å². The number of aliphatic imine (C=N–C) groups is 1. The van der Waals surface area contributed by atoms with Crippen molar-refractivity contribution >= 4 is 35.9 Å². The number of fused-ring (bicyclic) bond motifs is 2. The van der Waals surface area contributed by atoms with Crippen molar-refractivity contribution in [2.24, 2.45) is 4.99 Å². The molecule has 0 radical (unpaired) electrons. The molecule has 0 aromatic rings. The zero-order valence-electron chi connectivity index (χ0n) is 16.3. The van der Waals surface area contributed by atoms with E-state index in [2.05, 4.69) is 27.6 Å². The van der Waals surface area contributed by atoms with E-state index in [1.165, 1.54) is 19.3 Å². The summed E-state index contributed by atoms with van der Waals surface area (Å²) < 4.78 is 5.32. The Kier molecular flexibility index (Phi) is 8.94. The van der Waals surface area contributed by atoms with Crippen LogP contribution in [0.2, 0.25) is 0 Å². The Labute approximate surface area is 169 Å². The monoisotopic (exact) mass is 466 g/mol. The van der Waals surface area contributed by atoms with Crippen molar-refractivity contribution in [3.05, 3.63) is 0 Å². The molecule has 0 aromatic carbocycles. The number of carbonyl (C=O) groups excluding carboxylic acids is 1. The first-order valence-corrected chi connectivity index (χ1v) is 9.27. The normalized spacial score (nSPS) is 27.2. The van der Waals surface area contributed by atoms with E-state index in [4.69, 9.17) is 4.74 Å². The van der Waals surface area contributed by atoms with Gasteiger partial charge in [0, 0.05) is 24.7 Å². The highest BCUT2D eigenvalue weighted by Gasteiger charge is 2.36. The highest BCUT2D eigenvalue weighted by molar-refractivity contribution is 14.0. The molecule has 0 saturated carbocycles. The summed E-state index contributed by atoms with van der Waals surface area (Å²) in [6.45, 7) is 8.47. The Morgan fingerprint density at radius 2 is 1.84 bits per heavy atom. The third-order valence-electron chi connectivity index (χ3n) is 4.81. The van der Waals surface area contributed by atoms with Gasteiger partial charge in [-0.15, -0.1) is 24.0 Å². The van der Waals surface area contributed by atoms with Gasteiger partial charge in [-0.05, 0) is 60.4 Å². The lowest BCUT2D eigenvalue weighted by Gasteiger charge is -2.47. The van der Waals surface area contributed by atoms with Gasteiger partial charge in [0.25, 0.3) is 0 Å². The van der Waals surface area contributed by atoms with E-state index in [1.807, 2.05) is 27.7 Å². The molecule has 2 atom stereocenters. The average molecular weight is 466 g/mol. The Morgan fingerprint density at radius 3 is 2.36 bits per heavy atom. The standard InChI is InChI=1S/C18H34N4O2.HI/c1-6-19-17(20-12-16(23)24-18(2,3)4)21-13-10-14-8-7-9-15(11-13)22(14)5;/h13-15H,6-12H2,1-5H3,(H2,19,20,21);1H. The van der Waals surface area contributed by atoms with Crippen LogP contribution in [0.1, 0.15) is 59.8 Å². The van der Waals surface area contributed by atoms with Gasteiger partial charge in [0.2, 0.25) is 0 Å². The molecule has 6 nitrogen and oxygen atoms in total. The molecular weight excluding hydrogens is 431 g/mol. The van der Waals surface area contributed by atoms with E-state index in [0.717, 1.165) is 25.3 Å². The average Bonchev–Trinajstić information content (AvgIpc) is 2.44. The number of esters is 1. The van der Waals surface area contributed by atoms with Gasteiger partial charge >= 0.3 is 5.97 Å². The Hall–Kier alpha value is -0.570. The highest BCUT2D eigenvalue weighted by atomic mass is 127. The summed E-state index contributed by atoms with van der Waals surface area (Å²) in [7, 11) is 2.26. The Balaban J connectivity index is 0.00000312. The largest absolute Gasteiger partial charge is 0.459 e. The minimum Gasteiger partial charge on any atom is -0.459 e. The highest BCUT2D eigenvalue weighted by Crippen LogP contribution is 2.32. The number of ether oxygens (including phenoxy) is 1. The molecule has 7 heteroatoms. The predicted octanol–water partition coefficient (Wildman–Crippen LogP) is 2.52. The fraction of sp³-hybridized carbons (Fsp3) is 0.889. The smallest absolute Gasteiger partial charge is 0.328 e. The first-order valence-electron chi connectivity index (χ1n) is 9.27. The molecule has 146 valence electrons. The molecule has 0 spiro atoms. The maximum Gasteiger partial charge on any atom is 0.328 e. The van der Waals surface area contributed by atoms with Crippen LogP contribution < -0.4 is 10.6 Å². The fourth-order valence-corrected chi connectivity index (χ4v) is 3.76. The molecule has 2 unspecified atom stereocenters. The Morgan fingerprint density at radius 1 is 1.24 bits per heavy atom. The Bertz CT molecular complexity index is 450. The summed E-state index contributed by atoms with van der Waals surface area (Å²) in [5.41, 5.74) is -0.468. The van der Waals surface area contributed by atoms with E-state index >= 15 is 0 Å².